The molecule has 0 unspecified atom stereocenters. The minimum Gasteiger partial charge on any atom is -0.450 e. The van der Waals surface area contributed by atoms with Gasteiger partial charge in [-0.25, -0.2) is 0 Å². The Morgan fingerprint density at radius 2 is 1.68 bits per heavy atom. The van der Waals surface area contributed by atoms with Crippen molar-refractivity contribution in [1.29, 1.82) is 0 Å². The number of fused-ring (bicyclic) bond motifs is 3. The van der Waals surface area contributed by atoms with Crippen LogP contribution in [0.3, 0.4) is 0 Å². The molecule has 5 nitrogen and oxygen atoms in total. The van der Waals surface area contributed by atoms with Crippen molar-refractivity contribution in [3.8, 4) is 0 Å². The smallest absolute Gasteiger partial charge is 0.291 e. The first kappa shape index (κ1) is 17.8. The Morgan fingerprint density at radius 3 is 2.43 bits per heavy atom. The second-order valence-corrected chi connectivity index (χ2v) is 6.88. The van der Waals surface area contributed by atoms with Gasteiger partial charge in [-0.05, 0) is 43.0 Å². The van der Waals surface area contributed by atoms with Gasteiger partial charge >= 0.3 is 0 Å². The molecule has 0 saturated carbocycles. The second-order valence-electron chi connectivity index (χ2n) is 6.88. The van der Waals surface area contributed by atoms with Gasteiger partial charge in [-0.15, -0.1) is 0 Å². The van der Waals surface area contributed by atoms with Crippen LogP contribution in [0.5, 0.6) is 0 Å². The molecular weight excluding hydrogens is 352 g/mol. The van der Waals surface area contributed by atoms with Crippen molar-refractivity contribution in [3.63, 3.8) is 0 Å². The highest BCUT2D eigenvalue weighted by Gasteiger charge is 2.19. The van der Waals surface area contributed by atoms with Crippen molar-refractivity contribution in [2.75, 3.05) is 10.6 Å². The number of anilines is 2. The van der Waals surface area contributed by atoms with Crippen molar-refractivity contribution in [3.05, 3.63) is 71.5 Å². The maximum absolute atomic E-state index is 12.8. The number of carbonyl (C=O) groups excluding carboxylic acids is 2. The van der Waals surface area contributed by atoms with Gasteiger partial charge in [-0.2, -0.15) is 0 Å². The number of amides is 2. The molecule has 5 heteroatoms. The molecule has 1 aromatic heterocycles. The Labute approximate surface area is 162 Å². The summed E-state index contributed by atoms with van der Waals surface area (Å²) in [4.78, 5) is 24.1. The summed E-state index contributed by atoms with van der Waals surface area (Å²) < 4.78 is 5.98. The summed E-state index contributed by atoms with van der Waals surface area (Å²) in [7, 11) is 0. The van der Waals surface area contributed by atoms with Gasteiger partial charge in [-0.1, -0.05) is 36.4 Å². The van der Waals surface area contributed by atoms with Crippen LogP contribution in [0, 0.1) is 13.8 Å². The molecular formula is C23H20N2O3. The van der Waals surface area contributed by atoms with E-state index in [9.17, 15) is 9.59 Å². The van der Waals surface area contributed by atoms with E-state index < -0.39 is 0 Å². The highest BCUT2D eigenvalue weighted by Crippen LogP contribution is 2.32. The van der Waals surface area contributed by atoms with Crippen molar-refractivity contribution >= 4 is 44.9 Å². The fourth-order valence-corrected chi connectivity index (χ4v) is 3.43. The maximum Gasteiger partial charge on any atom is 0.291 e. The Hall–Kier alpha value is -3.60. The largest absolute Gasteiger partial charge is 0.450 e. The molecule has 2 amide bonds. The van der Waals surface area contributed by atoms with Crippen LogP contribution in [-0.4, -0.2) is 11.8 Å². The predicted molar refractivity (Wildman–Crippen MR) is 112 cm³/mol. The quantitative estimate of drug-likeness (QED) is 0.505. The molecule has 28 heavy (non-hydrogen) atoms. The Kier molecular flexibility index (Phi) is 4.35. The summed E-state index contributed by atoms with van der Waals surface area (Å²) in [6, 6.07) is 17.3. The number of benzene rings is 3. The minimum absolute atomic E-state index is 0.134. The molecule has 2 N–H and O–H groups in total. The van der Waals surface area contributed by atoms with Crippen molar-refractivity contribution in [1.82, 2.24) is 0 Å². The number of carbonyl (C=O) groups is 2. The average molecular weight is 372 g/mol. The molecule has 0 aliphatic carbocycles. The second kappa shape index (κ2) is 6.85. The summed E-state index contributed by atoms with van der Waals surface area (Å²) in [6.45, 7) is 5.23. The zero-order valence-corrected chi connectivity index (χ0v) is 15.9. The number of nitrogens with one attached hydrogen (secondary N) is 2. The lowest BCUT2D eigenvalue weighted by Gasteiger charge is -2.09. The van der Waals surface area contributed by atoms with Crippen LogP contribution >= 0.6 is 0 Å². The van der Waals surface area contributed by atoms with Crippen LogP contribution in [-0.2, 0) is 4.79 Å². The van der Waals surface area contributed by atoms with E-state index in [1.807, 2.05) is 56.3 Å². The summed E-state index contributed by atoms with van der Waals surface area (Å²) in [5, 5.41) is 8.63. The number of aryl methyl sites for hydroxylation is 2. The first-order valence-electron chi connectivity index (χ1n) is 9.04. The van der Waals surface area contributed by atoms with Crippen LogP contribution in [0.1, 0.15) is 28.6 Å². The zero-order valence-electron chi connectivity index (χ0n) is 15.9. The van der Waals surface area contributed by atoms with E-state index >= 15 is 0 Å². The summed E-state index contributed by atoms with van der Waals surface area (Å²) in [5.41, 5.74) is 3.75. The maximum atomic E-state index is 12.8. The summed E-state index contributed by atoms with van der Waals surface area (Å²) in [5.74, 6) is -0.135. The van der Waals surface area contributed by atoms with E-state index in [4.69, 9.17) is 4.42 Å². The average Bonchev–Trinajstić information content (AvgIpc) is 3.01. The molecule has 0 fully saturated rings. The lowest BCUT2D eigenvalue weighted by Crippen LogP contribution is -2.13. The van der Waals surface area contributed by atoms with Crippen molar-refractivity contribution in [2.45, 2.75) is 20.8 Å². The van der Waals surface area contributed by atoms with E-state index in [-0.39, 0.29) is 11.8 Å². The van der Waals surface area contributed by atoms with E-state index in [1.54, 1.807) is 12.1 Å². The van der Waals surface area contributed by atoms with Gasteiger partial charge in [0.15, 0.2) is 5.76 Å². The molecule has 1 heterocycles. The fourth-order valence-electron chi connectivity index (χ4n) is 3.43. The monoisotopic (exact) mass is 372 g/mol. The fraction of sp³-hybridized carbons (Fsp3) is 0.130. The molecule has 4 aromatic rings. The molecule has 0 atom stereocenters. The van der Waals surface area contributed by atoms with Crippen LogP contribution in [0.25, 0.3) is 21.7 Å². The third-order valence-corrected chi connectivity index (χ3v) is 4.83. The first-order valence-corrected chi connectivity index (χ1v) is 9.04. The lowest BCUT2D eigenvalue weighted by molar-refractivity contribution is -0.114. The SMILES string of the molecule is CC(=O)Nc1ccc(NC(=O)c2oc3c(ccc4ccccc43)c2C)cc1C. The predicted octanol–water partition coefficient (Wildman–Crippen LogP) is 5.41. The molecule has 3 aromatic carbocycles. The molecule has 0 radical (unpaired) electrons. The Balaban J connectivity index is 1.68. The van der Waals surface area contributed by atoms with Crippen molar-refractivity contribution in [2.24, 2.45) is 0 Å². The molecule has 0 saturated heterocycles. The van der Waals surface area contributed by atoms with Gasteiger partial charge in [0.2, 0.25) is 5.91 Å². The molecule has 0 aliphatic heterocycles. The number of rotatable bonds is 3. The summed E-state index contributed by atoms with van der Waals surface area (Å²) in [6.07, 6.45) is 0. The van der Waals surface area contributed by atoms with Gasteiger partial charge in [0.1, 0.15) is 5.58 Å². The third kappa shape index (κ3) is 3.11. The topological polar surface area (TPSA) is 71.3 Å². The van der Waals surface area contributed by atoms with Crippen LogP contribution < -0.4 is 10.6 Å². The van der Waals surface area contributed by atoms with Gasteiger partial charge in [0, 0.05) is 34.6 Å². The number of hydrogen-bond donors (Lipinski definition) is 2. The molecule has 140 valence electrons. The lowest BCUT2D eigenvalue weighted by atomic mass is 10.1. The van der Waals surface area contributed by atoms with Crippen molar-refractivity contribution < 1.29 is 14.0 Å². The Bertz CT molecular complexity index is 1240. The first-order chi connectivity index (χ1) is 13.4. The molecule has 0 bridgehead atoms. The van der Waals surface area contributed by atoms with E-state index in [2.05, 4.69) is 10.6 Å². The number of furan rings is 1. The highest BCUT2D eigenvalue weighted by atomic mass is 16.3. The van der Waals surface area contributed by atoms with Gasteiger partial charge in [0.05, 0.1) is 0 Å². The standard InChI is InChI=1S/C23H20N2O3/c1-13-12-17(9-11-20(13)24-15(3)26)25-23(27)21-14(2)18-10-8-16-6-4-5-7-19(16)22(18)28-21/h4-12H,1-3H3,(H,24,26)(H,25,27). The zero-order chi connectivity index (χ0) is 19.8. The minimum atomic E-state index is -0.301. The van der Waals surface area contributed by atoms with Gasteiger partial charge in [-0.3, -0.25) is 9.59 Å². The van der Waals surface area contributed by atoms with E-state index in [0.29, 0.717) is 11.4 Å². The number of hydrogen-bond acceptors (Lipinski definition) is 3. The summed E-state index contributed by atoms with van der Waals surface area (Å²) >= 11 is 0. The normalized spacial score (nSPS) is 11.0. The third-order valence-electron chi connectivity index (χ3n) is 4.83. The molecule has 4 rings (SSSR count). The van der Waals surface area contributed by atoms with E-state index in [1.165, 1.54) is 6.92 Å². The Morgan fingerprint density at radius 1 is 0.893 bits per heavy atom. The van der Waals surface area contributed by atoms with Gasteiger partial charge in [0.25, 0.3) is 5.91 Å². The highest BCUT2D eigenvalue weighted by molar-refractivity contribution is 6.11. The van der Waals surface area contributed by atoms with Crippen LogP contribution in [0.15, 0.2) is 59.0 Å². The van der Waals surface area contributed by atoms with Crippen LogP contribution in [0.4, 0.5) is 11.4 Å². The molecule has 0 spiro atoms. The molecule has 0 aliphatic rings. The van der Waals surface area contributed by atoms with E-state index in [0.717, 1.165) is 38.6 Å². The van der Waals surface area contributed by atoms with Gasteiger partial charge < -0.3 is 15.1 Å². The van der Waals surface area contributed by atoms with Crippen LogP contribution in [0.2, 0.25) is 0 Å².